The number of aromatic nitrogens is 3. The second-order valence-electron chi connectivity index (χ2n) is 1.51. The monoisotopic (exact) mass is 122 g/mol. The van der Waals surface area contributed by atoms with Crippen LogP contribution in [0.4, 0.5) is 5.95 Å². The van der Waals surface area contributed by atoms with Crippen LogP contribution in [0, 0.1) is 6.57 Å². The average molecular weight is 122 g/mol. The van der Waals surface area contributed by atoms with E-state index in [1.54, 1.807) is 11.0 Å². The Morgan fingerprint density at radius 1 is 1.89 bits per heavy atom. The van der Waals surface area contributed by atoms with E-state index in [1.807, 2.05) is 6.92 Å². The van der Waals surface area contributed by atoms with Crippen molar-refractivity contribution in [3.63, 3.8) is 0 Å². The number of aryl methyl sites for hydroxylation is 1. The van der Waals surface area contributed by atoms with Gasteiger partial charge in [0, 0.05) is 0 Å². The van der Waals surface area contributed by atoms with Crippen molar-refractivity contribution in [1.82, 2.24) is 14.8 Å². The van der Waals surface area contributed by atoms with E-state index in [2.05, 4.69) is 14.9 Å². The number of rotatable bonds is 1. The predicted molar refractivity (Wildman–Crippen MR) is 32.0 cm³/mol. The molecule has 0 spiro atoms. The first-order chi connectivity index (χ1) is 4.36. The van der Waals surface area contributed by atoms with Gasteiger partial charge in [-0.25, -0.2) is 0 Å². The van der Waals surface area contributed by atoms with E-state index in [-0.39, 0.29) is 5.95 Å². The van der Waals surface area contributed by atoms with Crippen LogP contribution in [0.25, 0.3) is 4.85 Å². The van der Waals surface area contributed by atoms with E-state index in [4.69, 9.17) is 6.57 Å². The zero-order chi connectivity index (χ0) is 6.69. The Hall–Kier alpha value is -1.37. The highest BCUT2D eigenvalue weighted by Crippen LogP contribution is 1.98. The molecule has 46 valence electrons. The summed E-state index contributed by atoms with van der Waals surface area (Å²) in [5.74, 6) is 0.219. The fourth-order valence-electron chi connectivity index (χ4n) is 0.488. The van der Waals surface area contributed by atoms with Gasteiger partial charge in [-0.3, -0.25) is 0 Å². The summed E-state index contributed by atoms with van der Waals surface area (Å²) in [5.41, 5.74) is 0. The van der Waals surface area contributed by atoms with Crippen molar-refractivity contribution in [3.05, 3.63) is 17.7 Å². The highest BCUT2D eigenvalue weighted by molar-refractivity contribution is 5.20. The molecule has 0 aromatic carbocycles. The minimum absolute atomic E-state index is 0.219. The third kappa shape index (κ3) is 1.05. The Balaban J connectivity index is 2.90. The second-order valence-corrected chi connectivity index (χ2v) is 1.51. The number of hydrogen-bond acceptors (Lipinski definition) is 2. The highest BCUT2D eigenvalue weighted by Gasteiger charge is 1.97. The van der Waals surface area contributed by atoms with E-state index in [0.717, 1.165) is 6.54 Å². The summed E-state index contributed by atoms with van der Waals surface area (Å²) in [7, 11) is 0. The molecule has 9 heavy (non-hydrogen) atoms. The van der Waals surface area contributed by atoms with Crippen molar-refractivity contribution in [2.75, 3.05) is 0 Å². The lowest BCUT2D eigenvalue weighted by Gasteiger charge is -1.81. The minimum atomic E-state index is 0.219. The Morgan fingerprint density at radius 2 is 2.67 bits per heavy atom. The second kappa shape index (κ2) is 2.27. The molecule has 4 nitrogen and oxygen atoms in total. The molecule has 0 N–H and O–H groups in total. The average Bonchev–Trinajstić information content (AvgIpc) is 2.34. The highest BCUT2D eigenvalue weighted by atomic mass is 15.4. The first-order valence-corrected chi connectivity index (χ1v) is 2.63. The van der Waals surface area contributed by atoms with E-state index in [0.29, 0.717) is 0 Å². The molecule has 0 fully saturated rings. The molecular formula is C5H6N4. The summed E-state index contributed by atoms with van der Waals surface area (Å²) in [6.45, 7) is 9.23. The van der Waals surface area contributed by atoms with Crippen molar-refractivity contribution in [1.29, 1.82) is 0 Å². The van der Waals surface area contributed by atoms with Crippen molar-refractivity contribution >= 4 is 5.95 Å². The summed E-state index contributed by atoms with van der Waals surface area (Å²) in [6.07, 6.45) is 1.55. The zero-order valence-electron chi connectivity index (χ0n) is 5.07. The molecule has 0 amide bonds. The van der Waals surface area contributed by atoms with Gasteiger partial charge in [0.2, 0.25) is 0 Å². The third-order valence-electron chi connectivity index (χ3n) is 0.948. The van der Waals surface area contributed by atoms with Crippen LogP contribution in [0.3, 0.4) is 0 Å². The van der Waals surface area contributed by atoms with Gasteiger partial charge in [0.15, 0.2) is 6.33 Å². The number of hydrogen-bond donors (Lipinski definition) is 0. The van der Waals surface area contributed by atoms with Gasteiger partial charge in [-0.1, -0.05) is 5.10 Å². The lowest BCUT2D eigenvalue weighted by Crippen LogP contribution is -1.92. The van der Waals surface area contributed by atoms with Crippen molar-refractivity contribution in [2.45, 2.75) is 13.5 Å². The van der Waals surface area contributed by atoms with Crippen LogP contribution in [0.1, 0.15) is 6.92 Å². The molecule has 0 radical (unpaired) electrons. The molecule has 0 aliphatic heterocycles. The number of nitrogens with zero attached hydrogens (tertiary/aromatic N) is 4. The first-order valence-electron chi connectivity index (χ1n) is 2.63. The quantitative estimate of drug-likeness (QED) is 0.517. The summed E-state index contributed by atoms with van der Waals surface area (Å²) in [4.78, 5) is 6.75. The zero-order valence-corrected chi connectivity index (χ0v) is 5.07. The van der Waals surface area contributed by atoms with Gasteiger partial charge >= 0.3 is 5.95 Å². The summed E-state index contributed by atoms with van der Waals surface area (Å²) >= 11 is 0. The molecule has 0 aliphatic rings. The third-order valence-corrected chi connectivity index (χ3v) is 0.948. The molecule has 1 aromatic rings. The molecule has 0 unspecified atom stereocenters. The molecule has 0 saturated heterocycles. The molecule has 0 aliphatic carbocycles. The Kier molecular flexibility index (Phi) is 1.45. The largest absolute Gasteiger partial charge is 0.393 e. The van der Waals surface area contributed by atoms with Gasteiger partial charge in [-0.05, 0) is 6.92 Å². The van der Waals surface area contributed by atoms with Gasteiger partial charge in [-0.2, -0.15) is 4.68 Å². The maximum absolute atomic E-state index is 6.52. The summed E-state index contributed by atoms with van der Waals surface area (Å²) in [5, 5.41) is 3.80. The topological polar surface area (TPSA) is 35.1 Å². The van der Waals surface area contributed by atoms with E-state index in [9.17, 15) is 0 Å². The van der Waals surface area contributed by atoms with Gasteiger partial charge < -0.3 is 4.85 Å². The smallest absolute Gasteiger partial charge is 0.393 e. The Bertz CT molecular complexity index is 231. The van der Waals surface area contributed by atoms with Crippen LogP contribution in [-0.2, 0) is 6.54 Å². The van der Waals surface area contributed by atoms with Gasteiger partial charge in [0.05, 0.1) is 6.54 Å². The fraction of sp³-hybridized carbons (Fsp3) is 0.400. The Morgan fingerprint density at radius 3 is 3.00 bits per heavy atom. The lowest BCUT2D eigenvalue weighted by molar-refractivity contribution is 0.661. The van der Waals surface area contributed by atoms with Crippen LogP contribution >= 0.6 is 0 Å². The molecular weight excluding hydrogens is 116 g/mol. The SMILES string of the molecule is [C-]#[N+]c1ncn(CC)n1. The molecule has 1 heterocycles. The van der Waals surface area contributed by atoms with Gasteiger partial charge in [0.1, 0.15) is 0 Å². The summed E-state index contributed by atoms with van der Waals surface area (Å²) < 4.78 is 1.62. The normalized spacial score (nSPS) is 8.89. The van der Waals surface area contributed by atoms with Crippen LogP contribution in [0.15, 0.2) is 6.33 Å². The van der Waals surface area contributed by atoms with Crippen LogP contribution in [0.5, 0.6) is 0 Å². The predicted octanol–water partition coefficient (Wildman–Crippen LogP) is 0.849. The van der Waals surface area contributed by atoms with E-state index < -0.39 is 0 Å². The van der Waals surface area contributed by atoms with Crippen molar-refractivity contribution in [3.8, 4) is 0 Å². The van der Waals surface area contributed by atoms with Gasteiger partial charge in [0.25, 0.3) is 0 Å². The molecule has 1 aromatic heterocycles. The summed E-state index contributed by atoms with van der Waals surface area (Å²) in [6, 6.07) is 0. The van der Waals surface area contributed by atoms with Crippen molar-refractivity contribution < 1.29 is 0 Å². The maximum Gasteiger partial charge on any atom is 0.393 e. The van der Waals surface area contributed by atoms with Crippen molar-refractivity contribution in [2.24, 2.45) is 0 Å². The standard InChI is InChI=1S/C5H6N4/c1-3-9-4-7-5(6-2)8-9/h4H,3H2,1H3. The molecule has 0 saturated carbocycles. The fourth-order valence-corrected chi connectivity index (χ4v) is 0.488. The lowest BCUT2D eigenvalue weighted by atomic mass is 10.8. The van der Waals surface area contributed by atoms with E-state index >= 15 is 0 Å². The maximum atomic E-state index is 6.52. The Labute approximate surface area is 53.0 Å². The van der Waals surface area contributed by atoms with E-state index in [1.165, 1.54) is 0 Å². The molecule has 4 heteroatoms. The first kappa shape index (κ1) is 5.76. The van der Waals surface area contributed by atoms with Crippen LogP contribution in [0.2, 0.25) is 0 Å². The van der Waals surface area contributed by atoms with Gasteiger partial charge in [-0.15, -0.1) is 11.6 Å². The van der Waals surface area contributed by atoms with Crippen LogP contribution < -0.4 is 0 Å². The minimum Gasteiger partial charge on any atom is -0.393 e. The molecule has 0 bridgehead atoms. The van der Waals surface area contributed by atoms with Crippen LogP contribution in [-0.4, -0.2) is 14.8 Å². The molecule has 0 atom stereocenters. The molecule has 1 rings (SSSR count).